The van der Waals surface area contributed by atoms with E-state index < -0.39 is 0 Å². The van der Waals surface area contributed by atoms with Crippen LogP contribution >= 0.6 is 0 Å². The van der Waals surface area contributed by atoms with Gasteiger partial charge in [-0.2, -0.15) is 0 Å². The standard InChI is InChI=1S/C36H52FN5O4/c1-24-7-8-26(21-30(24)37)33-6-4-5-29(46-33)9-10-31-25(2)35(39-23-38-31)36(43)42-18-13-28(14-19-42)41-16-11-27(12-17-41)40-32-15-20-45-22-34(32)44-3/h7-8,21,23,27-29,32-34,40H,4-6,9-20,22H2,1-3H3/t29-,32?,33+,34?/m0/s1. The maximum Gasteiger partial charge on any atom is 0.272 e. The number of carbonyl (C=O) groups is 1. The first-order valence-corrected chi connectivity index (χ1v) is 17.5. The second-order valence-corrected chi connectivity index (χ2v) is 13.8. The summed E-state index contributed by atoms with van der Waals surface area (Å²) in [6, 6.07) is 6.85. The van der Waals surface area contributed by atoms with E-state index in [1.165, 1.54) is 6.33 Å². The maximum atomic E-state index is 14.2. The largest absolute Gasteiger partial charge is 0.379 e. The predicted molar refractivity (Wildman–Crippen MR) is 174 cm³/mol. The van der Waals surface area contributed by atoms with Crippen molar-refractivity contribution in [1.29, 1.82) is 0 Å². The molecule has 4 aliphatic rings. The van der Waals surface area contributed by atoms with Gasteiger partial charge in [0, 0.05) is 56.2 Å². The number of methoxy groups -OCH3 is 1. The molecule has 252 valence electrons. The van der Waals surface area contributed by atoms with Crippen molar-refractivity contribution in [3.8, 4) is 0 Å². The Morgan fingerprint density at radius 3 is 2.61 bits per heavy atom. The third-order valence-electron chi connectivity index (χ3n) is 10.9. The molecule has 2 aromatic rings. The van der Waals surface area contributed by atoms with Gasteiger partial charge < -0.3 is 29.3 Å². The van der Waals surface area contributed by atoms with Crippen LogP contribution in [-0.4, -0.2) is 103 Å². The number of likely N-dealkylation sites (tertiary alicyclic amines) is 2. The molecule has 2 unspecified atom stereocenters. The van der Waals surface area contributed by atoms with Crippen molar-refractivity contribution in [2.45, 2.75) is 114 Å². The maximum absolute atomic E-state index is 14.2. The molecule has 1 aromatic carbocycles. The Kier molecular flexibility index (Phi) is 11.3. The lowest BCUT2D eigenvalue weighted by Gasteiger charge is -2.43. The number of piperidine rings is 2. The molecular weight excluding hydrogens is 585 g/mol. The normalized spacial score (nSPS) is 27.2. The van der Waals surface area contributed by atoms with E-state index in [1.807, 2.05) is 24.0 Å². The summed E-state index contributed by atoms with van der Waals surface area (Å²) in [5.41, 5.74) is 3.87. The number of ether oxygens (including phenoxy) is 3. The number of benzene rings is 1. The van der Waals surface area contributed by atoms with Gasteiger partial charge >= 0.3 is 0 Å². The minimum atomic E-state index is -0.179. The summed E-state index contributed by atoms with van der Waals surface area (Å²) in [5, 5.41) is 3.86. The van der Waals surface area contributed by atoms with Crippen LogP contribution in [0.3, 0.4) is 0 Å². The molecule has 4 aliphatic heterocycles. The second kappa shape index (κ2) is 15.6. The number of aromatic nitrogens is 2. The van der Waals surface area contributed by atoms with Gasteiger partial charge in [-0.05, 0) is 108 Å². The molecule has 0 bridgehead atoms. The first kappa shape index (κ1) is 33.4. The number of rotatable bonds is 9. The minimum absolute atomic E-state index is 0.0158. The second-order valence-electron chi connectivity index (χ2n) is 13.8. The molecular formula is C36H52FN5O4. The smallest absolute Gasteiger partial charge is 0.272 e. The fourth-order valence-corrected chi connectivity index (χ4v) is 7.87. The molecule has 0 saturated carbocycles. The van der Waals surface area contributed by atoms with E-state index in [0.29, 0.717) is 36.0 Å². The van der Waals surface area contributed by atoms with Gasteiger partial charge in [-0.15, -0.1) is 0 Å². The number of amides is 1. The fraction of sp³-hybridized carbons (Fsp3) is 0.694. The van der Waals surface area contributed by atoms with Crippen molar-refractivity contribution in [3.63, 3.8) is 0 Å². The summed E-state index contributed by atoms with van der Waals surface area (Å²) in [6.45, 7) is 8.95. The number of hydrogen-bond acceptors (Lipinski definition) is 8. The Labute approximate surface area is 273 Å². The number of nitrogens with one attached hydrogen (secondary N) is 1. The number of carbonyl (C=O) groups excluding carboxylic acids is 1. The zero-order chi connectivity index (χ0) is 32.0. The highest BCUT2D eigenvalue weighted by molar-refractivity contribution is 5.93. The van der Waals surface area contributed by atoms with E-state index in [-0.39, 0.29) is 30.0 Å². The van der Waals surface area contributed by atoms with Crippen LogP contribution in [0.5, 0.6) is 0 Å². The van der Waals surface area contributed by atoms with Crippen LogP contribution in [0, 0.1) is 19.7 Å². The third-order valence-corrected chi connectivity index (χ3v) is 10.9. The van der Waals surface area contributed by atoms with E-state index in [0.717, 1.165) is 114 Å². The topological polar surface area (TPSA) is 89.1 Å². The van der Waals surface area contributed by atoms with Gasteiger partial charge in [0.15, 0.2) is 0 Å². The van der Waals surface area contributed by atoms with E-state index in [2.05, 4.69) is 20.2 Å². The van der Waals surface area contributed by atoms with E-state index in [9.17, 15) is 9.18 Å². The molecule has 4 fully saturated rings. The fourth-order valence-electron chi connectivity index (χ4n) is 7.87. The Bertz CT molecular complexity index is 1310. The van der Waals surface area contributed by atoms with Crippen LogP contribution < -0.4 is 5.32 Å². The number of hydrogen-bond donors (Lipinski definition) is 1. The Hall–Kier alpha value is -2.50. The summed E-state index contributed by atoms with van der Waals surface area (Å²) in [5.74, 6) is -0.164. The quantitative estimate of drug-likeness (QED) is 0.414. The molecule has 46 heavy (non-hydrogen) atoms. The van der Waals surface area contributed by atoms with Crippen molar-refractivity contribution in [2.75, 3.05) is 46.5 Å². The van der Waals surface area contributed by atoms with Gasteiger partial charge in [0.2, 0.25) is 0 Å². The first-order valence-electron chi connectivity index (χ1n) is 17.5. The van der Waals surface area contributed by atoms with Gasteiger partial charge in [0.05, 0.1) is 24.9 Å². The highest BCUT2D eigenvalue weighted by Gasteiger charge is 2.33. The van der Waals surface area contributed by atoms with Crippen LogP contribution in [0.1, 0.15) is 96.8 Å². The van der Waals surface area contributed by atoms with Gasteiger partial charge in [0.25, 0.3) is 5.91 Å². The molecule has 4 saturated heterocycles. The minimum Gasteiger partial charge on any atom is -0.379 e. The zero-order valence-electron chi connectivity index (χ0n) is 27.9. The van der Waals surface area contributed by atoms with Crippen molar-refractivity contribution in [1.82, 2.24) is 25.1 Å². The van der Waals surface area contributed by atoms with Gasteiger partial charge in [0.1, 0.15) is 17.8 Å². The van der Waals surface area contributed by atoms with Crippen molar-refractivity contribution < 1.29 is 23.4 Å². The zero-order valence-corrected chi connectivity index (χ0v) is 27.9. The average molecular weight is 638 g/mol. The Morgan fingerprint density at radius 2 is 1.85 bits per heavy atom. The van der Waals surface area contributed by atoms with Crippen LogP contribution in [-0.2, 0) is 20.6 Å². The molecule has 10 heteroatoms. The molecule has 4 atom stereocenters. The van der Waals surface area contributed by atoms with Crippen LogP contribution in [0.4, 0.5) is 4.39 Å². The van der Waals surface area contributed by atoms with Gasteiger partial charge in [-0.25, -0.2) is 14.4 Å². The van der Waals surface area contributed by atoms with Crippen molar-refractivity contribution >= 4 is 5.91 Å². The van der Waals surface area contributed by atoms with Crippen LogP contribution in [0.2, 0.25) is 0 Å². The van der Waals surface area contributed by atoms with E-state index in [1.54, 1.807) is 20.1 Å². The summed E-state index contributed by atoms with van der Waals surface area (Å²) in [4.78, 5) is 27.3. The molecule has 5 heterocycles. The number of aryl methyl sites for hydroxylation is 2. The lowest BCUT2D eigenvalue weighted by Crippen LogP contribution is -2.55. The SMILES string of the molecule is COC1COCCC1NC1CCN(C2CCN(C(=O)c3ncnc(CC[C@@H]4CCC[C@H](c5ccc(C)c(F)c5)O4)c3C)CC2)CC1. The Morgan fingerprint density at radius 1 is 1.04 bits per heavy atom. The summed E-state index contributed by atoms with van der Waals surface area (Å²) >= 11 is 0. The van der Waals surface area contributed by atoms with Crippen LogP contribution in [0.15, 0.2) is 24.5 Å². The molecule has 6 rings (SSSR count). The van der Waals surface area contributed by atoms with Crippen molar-refractivity contribution in [2.24, 2.45) is 0 Å². The van der Waals surface area contributed by atoms with Crippen molar-refractivity contribution in [3.05, 3.63) is 58.4 Å². The summed E-state index contributed by atoms with van der Waals surface area (Å²) < 4.78 is 31.8. The van der Waals surface area contributed by atoms with Gasteiger partial charge in [-0.1, -0.05) is 12.1 Å². The first-order chi connectivity index (χ1) is 22.4. The third kappa shape index (κ3) is 7.96. The molecule has 1 aromatic heterocycles. The summed E-state index contributed by atoms with van der Waals surface area (Å²) in [7, 11) is 1.78. The lowest BCUT2D eigenvalue weighted by molar-refractivity contribution is -0.0548. The Balaban J connectivity index is 0.963. The molecule has 0 radical (unpaired) electrons. The predicted octanol–water partition coefficient (Wildman–Crippen LogP) is 4.94. The molecule has 0 aliphatic carbocycles. The number of halogens is 1. The molecule has 0 spiro atoms. The average Bonchev–Trinajstić information content (AvgIpc) is 3.09. The molecule has 1 N–H and O–H groups in total. The lowest BCUT2D eigenvalue weighted by atomic mass is 9.95. The van der Waals surface area contributed by atoms with E-state index in [4.69, 9.17) is 14.2 Å². The monoisotopic (exact) mass is 637 g/mol. The highest BCUT2D eigenvalue weighted by Crippen LogP contribution is 2.34. The highest BCUT2D eigenvalue weighted by atomic mass is 19.1. The summed E-state index contributed by atoms with van der Waals surface area (Å²) in [6.07, 6.45) is 11.4. The van der Waals surface area contributed by atoms with E-state index >= 15 is 0 Å². The van der Waals surface area contributed by atoms with Gasteiger partial charge in [-0.3, -0.25) is 4.79 Å². The molecule has 1 amide bonds. The number of nitrogens with zero attached hydrogens (tertiary/aromatic N) is 4. The molecule has 9 nitrogen and oxygen atoms in total. The van der Waals surface area contributed by atoms with Crippen LogP contribution in [0.25, 0.3) is 0 Å².